The molecule has 0 fully saturated rings. The first-order valence-corrected chi connectivity index (χ1v) is 6.32. The number of nitrogens with one attached hydrogen (secondary N) is 2. The number of carbonyl (C=O) groups is 1. The van der Waals surface area contributed by atoms with E-state index in [-0.39, 0.29) is 11.6 Å². The van der Waals surface area contributed by atoms with Crippen LogP contribution in [0.4, 0.5) is 4.79 Å². The summed E-state index contributed by atoms with van der Waals surface area (Å²) in [5.41, 5.74) is 1.29. The van der Waals surface area contributed by atoms with Gasteiger partial charge in [0, 0.05) is 17.9 Å². The van der Waals surface area contributed by atoms with Gasteiger partial charge < -0.3 is 10.6 Å². The molecule has 7 nitrogen and oxygen atoms in total. The van der Waals surface area contributed by atoms with Crippen molar-refractivity contribution in [3.63, 3.8) is 0 Å². The Bertz CT molecular complexity index is 572. The van der Waals surface area contributed by atoms with Crippen molar-refractivity contribution in [1.82, 2.24) is 30.6 Å². The standard InChI is InChI=1S/C13H18N6O/c1-13(2,3)16-12(20)15-8-10-9-19(18-17-10)11-4-6-14-7-5-11/h4-7,9H,8H2,1-3H3,(H2,15,16,20). The quantitative estimate of drug-likeness (QED) is 0.882. The number of hydrogen-bond acceptors (Lipinski definition) is 4. The summed E-state index contributed by atoms with van der Waals surface area (Å²) in [7, 11) is 0. The first-order chi connectivity index (χ1) is 9.44. The highest BCUT2D eigenvalue weighted by atomic mass is 16.2. The number of nitrogens with zero attached hydrogens (tertiary/aromatic N) is 4. The minimum absolute atomic E-state index is 0.226. The van der Waals surface area contributed by atoms with Crippen molar-refractivity contribution in [3.05, 3.63) is 36.4 Å². The number of urea groups is 1. The average molecular weight is 274 g/mol. The Hall–Kier alpha value is -2.44. The fourth-order valence-corrected chi connectivity index (χ4v) is 1.56. The SMILES string of the molecule is CC(C)(C)NC(=O)NCc1cn(-c2ccncc2)nn1. The largest absolute Gasteiger partial charge is 0.334 e. The second-order valence-corrected chi connectivity index (χ2v) is 5.42. The molecule has 0 bridgehead atoms. The summed E-state index contributed by atoms with van der Waals surface area (Å²) in [4.78, 5) is 15.6. The fraction of sp³-hybridized carbons (Fsp3) is 0.385. The van der Waals surface area contributed by atoms with Crippen LogP contribution in [0.25, 0.3) is 5.69 Å². The zero-order valence-corrected chi connectivity index (χ0v) is 11.8. The minimum Gasteiger partial charge on any atom is -0.334 e. The van der Waals surface area contributed by atoms with E-state index in [0.717, 1.165) is 5.69 Å². The minimum atomic E-state index is -0.265. The number of pyridine rings is 1. The summed E-state index contributed by atoms with van der Waals surface area (Å²) < 4.78 is 1.64. The van der Waals surface area contributed by atoms with Gasteiger partial charge in [0.25, 0.3) is 0 Å². The van der Waals surface area contributed by atoms with Crippen LogP contribution in [0.3, 0.4) is 0 Å². The molecule has 0 saturated carbocycles. The van der Waals surface area contributed by atoms with Gasteiger partial charge in [0.2, 0.25) is 0 Å². The van der Waals surface area contributed by atoms with E-state index in [4.69, 9.17) is 0 Å². The lowest BCUT2D eigenvalue weighted by molar-refractivity contribution is 0.231. The summed E-state index contributed by atoms with van der Waals surface area (Å²) in [6, 6.07) is 3.44. The second kappa shape index (κ2) is 5.68. The first-order valence-electron chi connectivity index (χ1n) is 6.32. The molecule has 0 unspecified atom stereocenters. The van der Waals surface area contributed by atoms with Crippen LogP contribution in [0, 0.1) is 0 Å². The Labute approximate surface area is 117 Å². The highest BCUT2D eigenvalue weighted by molar-refractivity contribution is 5.74. The zero-order valence-electron chi connectivity index (χ0n) is 11.8. The highest BCUT2D eigenvalue weighted by Gasteiger charge is 2.13. The molecule has 2 N–H and O–H groups in total. The Kier molecular flexibility index (Phi) is 3.97. The topological polar surface area (TPSA) is 84.7 Å². The molecular formula is C13H18N6O. The molecule has 0 saturated heterocycles. The van der Waals surface area contributed by atoms with E-state index in [1.54, 1.807) is 23.3 Å². The molecule has 2 aromatic rings. The maximum absolute atomic E-state index is 11.6. The summed E-state index contributed by atoms with van der Waals surface area (Å²) >= 11 is 0. The number of carbonyl (C=O) groups excluding carboxylic acids is 1. The van der Waals surface area contributed by atoms with Crippen molar-refractivity contribution in [2.24, 2.45) is 0 Å². The fourth-order valence-electron chi connectivity index (χ4n) is 1.56. The van der Waals surface area contributed by atoms with Crippen LogP contribution in [-0.2, 0) is 6.54 Å². The van der Waals surface area contributed by atoms with Crippen LogP contribution in [0.2, 0.25) is 0 Å². The van der Waals surface area contributed by atoms with Crippen LogP contribution in [-0.4, -0.2) is 31.5 Å². The Morgan fingerprint density at radius 1 is 1.30 bits per heavy atom. The molecule has 2 rings (SSSR count). The first kappa shape index (κ1) is 14.0. The maximum atomic E-state index is 11.6. The average Bonchev–Trinajstić information content (AvgIpc) is 2.84. The second-order valence-electron chi connectivity index (χ2n) is 5.42. The van der Waals surface area contributed by atoms with Gasteiger partial charge >= 0.3 is 6.03 Å². The van der Waals surface area contributed by atoms with E-state index >= 15 is 0 Å². The Morgan fingerprint density at radius 2 is 2.00 bits per heavy atom. The predicted octanol–water partition coefficient (Wildman–Crippen LogP) is 1.26. The molecule has 0 radical (unpaired) electrons. The van der Waals surface area contributed by atoms with Gasteiger partial charge in [-0.05, 0) is 32.9 Å². The Balaban J connectivity index is 1.92. The van der Waals surface area contributed by atoms with Crippen LogP contribution in [0.5, 0.6) is 0 Å². The molecular weight excluding hydrogens is 256 g/mol. The van der Waals surface area contributed by atoms with Crippen LogP contribution >= 0.6 is 0 Å². The lowest BCUT2D eigenvalue weighted by Crippen LogP contribution is -2.46. The normalized spacial score (nSPS) is 11.2. The van der Waals surface area contributed by atoms with E-state index in [1.165, 1.54) is 0 Å². The van der Waals surface area contributed by atoms with Gasteiger partial charge in [-0.3, -0.25) is 4.98 Å². The third-order valence-electron chi connectivity index (χ3n) is 2.39. The van der Waals surface area contributed by atoms with Crippen LogP contribution in [0.1, 0.15) is 26.5 Å². The predicted molar refractivity (Wildman–Crippen MR) is 74.3 cm³/mol. The maximum Gasteiger partial charge on any atom is 0.315 e. The molecule has 0 aliphatic rings. The van der Waals surface area contributed by atoms with Crippen molar-refractivity contribution < 1.29 is 4.79 Å². The smallest absolute Gasteiger partial charge is 0.315 e. The van der Waals surface area contributed by atoms with E-state index in [9.17, 15) is 4.79 Å². The summed E-state index contributed by atoms with van der Waals surface area (Å²) in [5.74, 6) is 0. The summed E-state index contributed by atoms with van der Waals surface area (Å²) in [6.07, 6.45) is 5.14. The van der Waals surface area contributed by atoms with Crippen LogP contribution < -0.4 is 10.6 Å². The van der Waals surface area contributed by atoms with Gasteiger partial charge in [0.15, 0.2) is 0 Å². The molecule has 0 aliphatic carbocycles. The van der Waals surface area contributed by atoms with Crippen molar-refractivity contribution in [2.45, 2.75) is 32.9 Å². The molecule has 0 aliphatic heterocycles. The Morgan fingerprint density at radius 3 is 2.65 bits per heavy atom. The van der Waals surface area contributed by atoms with Crippen LogP contribution in [0.15, 0.2) is 30.7 Å². The van der Waals surface area contributed by atoms with Gasteiger partial charge in [-0.15, -0.1) is 5.10 Å². The lowest BCUT2D eigenvalue weighted by atomic mass is 10.1. The number of aromatic nitrogens is 4. The highest BCUT2D eigenvalue weighted by Crippen LogP contribution is 2.04. The molecule has 0 atom stereocenters. The lowest BCUT2D eigenvalue weighted by Gasteiger charge is -2.20. The van der Waals surface area contributed by atoms with Gasteiger partial charge in [-0.2, -0.15) is 0 Å². The molecule has 2 aromatic heterocycles. The molecule has 2 amide bonds. The van der Waals surface area contributed by atoms with Crippen molar-refractivity contribution in [3.8, 4) is 5.69 Å². The monoisotopic (exact) mass is 274 g/mol. The summed E-state index contributed by atoms with van der Waals surface area (Å²) in [5, 5.41) is 13.6. The molecule has 20 heavy (non-hydrogen) atoms. The van der Waals surface area contributed by atoms with Crippen molar-refractivity contribution in [1.29, 1.82) is 0 Å². The molecule has 0 spiro atoms. The summed E-state index contributed by atoms with van der Waals surface area (Å²) in [6.45, 7) is 6.10. The molecule has 7 heteroatoms. The number of rotatable bonds is 3. The van der Waals surface area contributed by atoms with E-state index < -0.39 is 0 Å². The van der Waals surface area contributed by atoms with Gasteiger partial charge in [0.1, 0.15) is 5.69 Å². The van der Waals surface area contributed by atoms with Crippen molar-refractivity contribution in [2.75, 3.05) is 0 Å². The van der Waals surface area contributed by atoms with E-state index in [2.05, 4.69) is 25.9 Å². The number of amides is 2. The molecule has 2 heterocycles. The van der Waals surface area contributed by atoms with E-state index in [0.29, 0.717) is 12.2 Å². The third kappa shape index (κ3) is 4.04. The zero-order chi connectivity index (χ0) is 14.6. The molecule has 0 aromatic carbocycles. The van der Waals surface area contributed by atoms with E-state index in [1.807, 2.05) is 32.9 Å². The van der Waals surface area contributed by atoms with Gasteiger partial charge in [0.05, 0.1) is 18.4 Å². The molecule has 106 valence electrons. The van der Waals surface area contributed by atoms with Crippen molar-refractivity contribution >= 4 is 6.03 Å². The van der Waals surface area contributed by atoms with Gasteiger partial charge in [-0.25, -0.2) is 9.48 Å². The number of hydrogen-bond donors (Lipinski definition) is 2. The third-order valence-corrected chi connectivity index (χ3v) is 2.39. The van der Waals surface area contributed by atoms with Gasteiger partial charge in [-0.1, -0.05) is 5.21 Å².